The maximum absolute atomic E-state index is 12.0. The minimum atomic E-state index is -0.180. The van der Waals surface area contributed by atoms with Crippen molar-refractivity contribution in [3.05, 3.63) is 57.7 Å². The van der Waals surface area contributed by atoms with E-state index >= 15 is 0 Å². The number of rotatable bonds is 6. The van der Waals surface area contributed by atoms with Gasteiger partial charge in [0.25, 0.3) is 5.56 Å². The lowest BCUT2D eigenvalue weighted by molar-refractivity contribution is 0.199. The first-order valence-corrected chi connectivity index (χ1v) is 12.3. The van der Waals surface area contributed by atoms with Crippen LogP contribution in [0.1, 0.15) is 83.5 Å². The maximum Gasteiger partial charge on any atom is 0.287 e. The van der Waals surface area contributed by atoms with Gasteiger partial charge in [-0.25, -0.2) is 4.68 Å². The molecule has 33 heavy (non-hydrogen) atoms. The van der Waals surface area contributed by atoms with Crippen LogP contribution in [0.5, 0.6) is 0 Å². The molecule has 0 aromatic carbocycles. The Balaban J connectivity index is 0.000000515. The van der Waals surface area contributed by atoms with Crippen molar-refractivity contribution in [1.29, 1.82) is 0 Å². The third kappa shape index (κ3) is 10.9. The van der Waals surface area contributed by atoms with Crippen molar-refractivity contribution < 1.29 is 4.74 Å². The van der Waals surface area contributed by atoms with Crippen LogP contribution in [0.2, 0.25) is 5.02 Å². The highest BCUT2D eigenvalue weighted by molar-refractivity contribution is 6.32. The molecule has 0 atom stereocenters. The fraction of sp³-hybridized carbons (Fsp3) is 0.538. The SMILES string of the molecule is C=Cc1cc[nH]c1/C=C\C.CC.CCCOC.CNc1cnn(C2CCCCC2)c(=O)c1Cl. The highest BCUT2D eigenvalue weighted by atomic mass is 35.5. The summed E-state index contributed by atoms with van der Waals surface area (Å²) in [6, 6.07) is 2.23. The Kier molecular flexibility index (Phi) is 17.8. The number of anilines is 1. The summed E-state index contributed by atoms with van der Waals surface area (Å²) in [4.78, 5) is 15.1. The van der Waals surface area contributed by atoms with Crippen molar-refractivity contribution in [1.82, 2.24) is 14.8 Å². The lowest BCUT2D eigenvalue weighted by Crippen LogP contribution is -2.29. The molecular formula is C26H43ClN4O2. The van der Waals surface area contributed by atoms with E-state index in [2.05, 4.69) is 28.9 Å². The van der Waals surface area contributed by atoms with Crippen LogP contribution in [0.25, 0.3) is 12.2 Å². The summed E-state index contributed by atoms with van der Waals surface area (Å²) in [7, 11) is 3.44. The summed E-state index contributed by atoms with van der Waals surface area (Å²) in [5.41, 5.74) is 2.69. The number of ether oxygens (including phenoxy) is 1. The van der Waals surface area contributed by atoms with Gasteiger partial charge in [0.15, 0.2) is 0 Å². The second-order valence-corrected chi connectivity index (χ2v) is 7.59. The van der Waals surface area contributed by atoms with Gasteiger partial charge < -0.3 is 15.0 Å². The van der Waals surface area contributed by atoms with Crippen LogP contribution < -0.4 is 10.9 Å². The Labute approximate surface area is 205 Å². The average Bonchev–Trinajstić information content (AvgIpc) is 3.31. The Morgan fingerprint density at radius 3 is 2.48 bits per heavy atom. The molecule has 3 rings (SSSR count). The summed E-state index contributed by atoms with van der Waals surface area (Å²) >= 11 is 5.98. The first kappa shape index (κ1) is 30.7. The van der Waals surface area contributed by atoms with Crippen LogP contribution in [-0.4, -0.2) is 35.5 Å². The number of halogens is 1. The van der Waals surface area contributed by atoms with Crippen LogP contribution in [0.3, 0.4) is 0 Å². The highest BCUT2D eigenvalue weighted by Crippen LogP contribution is 2.27. The van der Waals surface area contributed by atoms with Gasteiger partial charge in [0.05, 0.1) is 17.9 Å². The number of aromatic nitrogens is 3. The average molecular weight is 479 g/mol. The second kappa shape index (κ2) is 19.2. The number of nitrogens with zero attached hydrogens (tertiary/aromatic N) is 2. The molecule has 1 aliphatic carbocycles. The fourth-order valence-corrected chi connectivity index (χ4v) is 3.52. The second-order valence-electron chi connectivity index (χ2n) is 7.21. The van der Waals surface area contributed by atoms with Gasteiger partial charge in [-0.05, 0) is 43.9 Å². The van der Waals surface area contributed by atoms with Gasteiger partial charge >= 0.3 is 0 Å². The monoisotopic (exact) mass is 478 g/mol. The Morgan fingerprint density at radius 1 is 1.33 bits per heavy atom. The molecule has 0 saturated heterocycles. The molecule has 0 unspecified atom stereocenters. The van der Waals surface area contributed by atoms with E-state index in [0.717, 1.165) is 37.1 Å². The molecule has 2 N–H and O–H groups in total. The number of methoxy groups -OCH3 is 1. The van der Waals surface area contributed by atoms with Crippen LogP contribution in [-0.2, 0) is 4.74 Å². The number of hydrogen-bond donors (Lipinski definition) is 2. The summed E-state index contributed by atoms with van der Waals surface area (Å²) < 4.78 is 6.23. The Bertz CT molecular complexity index is 850. The molecule has 0 spiro atoms. The summed E-state index contributed by atoms with van der Waals surface area (Å²) in [6.07, 6.45) is 16.2. The van der Waals surface area contributed by atoms with E-state index in [4.69, 9.17) is 16.3 Å². The predicted octanol–water partition coefficient (Wildman–Crippen LogP) is 7.20. The van der Waals surface area contributed by atoms with Gasteiger partial charge in [0.1, 0.15) is 5.02 Å². The zero-order chi connectivity index (χ0) is 25.1. The van der Waals surface area contributed by atoms with E-state index in [9.17, 15) is 4.79 Å². The van der Waals surface area contributed by atoms with Gasteiger partial charge in [-0.15, -0.1) is 0 Å². The van der Waals surface area contributed by atoms with Crippen molar-refractivity contribution in [2.75, 3.05) is 26.1 Å². The lowest BCUT2D eigenvalue weighted by atomic mass is 9.96. The molecule has 0 bridgehead atoms. The lowest BCUT2D eigenvalue weighted by Gasteiger charge is -2.22. The van der Waals surface area contributed by atoms with Gasteiger partial charge in [0, 0.05) is 32.7 Å². The fourth-order valence-electron chi connectivity index (χ4n) is 3.29. The van der Waals surface area contributed by atoms with E-state index in [1.165, 1.54) is 19.3 Å². The number of allylic oxidation sites excluding steroid dienone is 1. The third-order valence-corrected chi connectivity index (χ3v) is 5.27. The number of H-pyrrole nitrogens is 1. The summed E-state index contributed by atoms with van der Waals surface area (Å²) in [5.74, 6) is 0. The normalized spacial score (nSPS) is 13.1. The number of hydrogen-bond acceptors (Lipinski definition) is 4. The van der Waals surface area contributed by atoms with Gasteiger partial charge in [0.2, 0.25) is 0 Å². The predicted molar refractivity (Wildman–Crippen MR) is 144 cm³/mol. The van der Waals surface area contributed by atoms with Crippen LogP contribution >= 0.6 is 11.6 Å². The quantitative estimate of drug-likeness (QED) is 0.460. The van der Waals surface area contributed by atoms with Gasteiger partial charge in [-0.1, -0.05) is 70.4 Å². The van der Waals surface area contributed by atoms with E-state index in [-0.39, 0.29) is 16.6 Å². The smallest absolute Gasteiger partial charge is 0.287 e. The van der Waals surface area contributed by atoms with Crippen molar-refractivity contribution in [2.45, 2.75) is 72.3 Å². The molecule has 0 radical (unpaired) electrons. The van der Waals surface area contributed by atoms with E-state index in [1.54, 1.807) is 25.0 Å². The molecule has 186 valence electrons. The van der Waals surface area contributed by atoms with Crippen molar-refractivity contribution in [3.8, 4) is 0 Å². The molecular weight excluding hydrogens is 436 g/mol. The summed E-state index contributed by atoms with van der Waals surface area (Å²) in [6.45, 7) is 12.7. The van der Waals surface area contributed by atoms with Crippen molar-refractivity contribution in [2.24, 2.45) is 0 Å². The maximum atomic E-state index is 12.0. The largest absolute Gasteiger partial charge is 0.385 e. The Morgan fingerprint density at radius 2 is 2.00 bits per heavy atom. The number of aromatic amines is 1. The van der Waals surface area contributed by atoms with E-state index in [1.807, 2.05) is 51.3 Å². The zero-order valence-electron chi connectivity index (χ0n) is 21.3. The molecule has 2 aromatic heterocycles. The molecule has 7 heteroatoms. The van der Waals surface area contributed by atoms with Crippen LogP contribution in [0, 0.1) is 0 Å². The number of nitrogens with one attached hydrogen (secondary N) is 2. The van der Waals surface area contributed by atoms with E-state index < -0.39 is 0 Å². The topological polar surface area (TPSA) is 71.9 Å². The molecule has 0 aliphatic heterocycles. The molecule has 0 amide bonds. The minimum Gasteiger partial charge on any atom is -0.385 e. The van der Waals surface area contributed by atoms with Crippen molar-refractivity contribution in [3.63, 3.8) is 0 Å². The summed E-state index contributed by atoms with van der Waals surface area (Å²) in [5, 5.41) is 7.29. The third-order valence-electron chi connectivity index (χ3n) is 4.91. The first-order valence-electron chi connectivity index (χ1n) is 11.9. The van der Waals surface area contributed by atoms with Crippen molar-refractivity contribution >= 4 is 29.4 Å². The van der Waals surface area contributed by atoms with Gasteiger partial charge in [-0.3, -0.25) is 4.79 Å². The van der Waals surface area contributed by atoms with Crippen LogP contribution in [0.15, 0.2) is 35.9 Å². The van der Waals surface area contributed by atoms with Gasteiger partial charge in [-0.2, -0.15) is 5.10 Å². The molecule has 6 nitrogen and oxygen atoms in total. The molecule has 1 saturated carbocycles. The molecule has 1 aliphatic rings. The first-order chi connectivity index (χ1) is 16.0. The zero-order valence-corrected chi connectivity index (χ0v) is 22.0. The molecule has 2 aromatic rings. The standard InChI is InChI=1S/C11H16ClN3O.C9H11N.C4H10O.C2H6/c1-13-9-7-14-15(11(16)10(9)12)8-5-3-2-4-6-8;1-3-5-9-8(4-2)6-7-10-9;1-3-4-5-2;1-2/h7-8,13H,2-6H2,1H3;3-7,10H,2H2,1H3;3-4H2,1-2H3;1-2H3/b;5-3-;;. The molecule has 2 heterocycles. The Hall–Kier alpha value is -2.31. The van der Waals surface area contributed by atoms with E-state index in [0.29, 0.717) is 5.69 Å². The van der Waals surface area contributed by atoms with Crippen LogP contribution in [0.4, 0.5) is 5.69 Å². The minimum absolute atomic E-state index is 0.180. The molecule has 1 fully saturated rings. The highest BCUT2D eigenvalue weighted by Gasteiger charge is 2.19.